The van der Waals surface area contributed by atoms with Gasteiger partial charge in [0.2, 0.25) is 0 Å². The molecule has 0 aliphatic rings. The molecule has 1 heterocycles. The van der Waals surface area contributed by atoms with Crippen LogP contribution in [-0.4, -0.2) is 10.9 Å². The van der Waals surface area contributed by atoms with Crippen molar-refractivity contribution in [3.8, 4) is 0 Å². The van der Waals surface area contributed by atoms with Gasteiger partial charge in [-0.15, -0.1) is 0 Å². The van der Waals surface area contributed by atoms with E-state index in [-0.39, 0.29) is 0 Å². The van der Waals surface area contributed by atoms with Gasteiger partial charge in [-0.3, -0.25) is 0 Å². The summed E-state index contributed by atoms with van der Waals surface area (Å²) < 4.78 is 5.36. The molecule has 14 heavy (non-hydrogen) atoms. The molecule has 2 rings (SSSR count). The summed E-state index contributed by atoms with van der Waals surface area (Å²) in [6.45, 7) is 2.65. The van der Waals surface area contributed by atoms with Crippen molar-refractivity contribution in [2.75, 3.05) is 6.54 Å². The largest absolute Gasteiger partial charge is 0.330 e. The van der Waals surface area contributed by atoms with Gasteiger partial charge in [-0.25, -0.2) is 0 Å². The van der Waals surface area contributed by atoms with Crippen molar-refractivity contribution in [2.45, 2.75) is 13.3 Å². The predicted octanol–water partition coefficient (Wildman–Crippen LogP) is 2.76. The van der Waals surface area contributed by atoms with E-state index < -0.39 is 0 Å². The Morgan fingerprint density at radius 3 is 3.00 bits per heavy atom. The normalized spacial score (nSPS) is 11.1. The molecule has 2 aromatic rings. The molecule has 0 saturated heterocycles. The van der Waals surface area contributed by atoms with Crippen LogP contribution in [0.4, 0.5) is 0 Å². The monoisotopic (exact) mass is 226 g/mol. The molecule has 4 heteroatoms. The van der Waals surface area contributed by atoms with Crippen LogP contribution in [0.5, 0.6) is 0 Å². The molecule has 0 fully saturated rings. The van der Waals surface area contributed by atoms with Gasteiger partial charge >= 0.3 is 0 Å². The Morgan fingerprint density at radius 2 is 2.29 bits per heavy atom. The molecular formula is C10H11ClN2S. The molecular weight excluding hydrogens is 216 g/mol. The van der Waals surface area contributed by atoms with Gasteiger partial charge in [0.05, 0.1) is 15.4 Å². The second kappa shape index (κ2) is 3.85. The van der Waals surface area contributed by atoms with Gasteiger partial charge in [-0.2, -0.15) is 4.37 Å². The van der Waals surface area contributed by atoms with Gasteiger partial charge < -0.3 is 5.73 Å². The zero-order chi connectivity index (χ0) is 10.1. The molecule has 0 amide bonds. The number of benzene rings is 1. The van der Waals surface area contributed by atoms with E-state index in [1.165, 1.54) is 17.1 Å². The standard InChI is InChI=1S/C10H11ClN2S/c1-6-8-4-7(2-3-12)5-9(11)10(8)14-13-6/h4-5H,2-3,12H2,1H3. The number of nitrogens with two attached hydrogens (primary N) is 1. The lowest BCUT2D eigenvalue weighted by Gasteiger charge is -2.00. The Bertz CT molecular complexity index is 464. The Hall–Kier alpha value is -0.640. The maximum atomic E-state index is 6.14. The number of rotatable bonds is 2. The molecule has 0 aliphatic heterocycles. The van der Waals surface area contributed by atoms with Crippen molar-refractivity contribution < 1.29 is 0 Å². The van der Waals surface area contributed by atoms with E-state index in [2.05, 4.69) is 10.4 Å². The van der Waals surface area contributed by atoms with Crippen molar-refractivity contribution in [3.05, 3.63) is 28.4 Å². The van der Waals surface area contributed by atoms with Crippen molar-refractivity contribution in [1.29, 1.82) is 0 Å². The highest BCUT2D eigenvalue weighted by molar-refractivity contribution is 7.14. The zero-order valence-electron chi connectivity index (χ0n) is 7.88. The Morgan fingerprint density at radius 1 is 1.50 bits per heavy atom. The first-order chi connectivity index (χ1) is 6.72. The lowest BCUT2D eigenvalue weighted by Crippen LogP contribution is -2.02. The van der Waals surface area contributed by atoms with Gasteiger partial charge in [-0.05, 0) is 49.1 Å². The molecule has 0 saturated carbocycles. The molecule has 0 unspecified atom stereocenters. The number of fused-ring (bicyclic) bond motifs is 1. The summed E-state index contributed by atoms with van der Waals surface area (Å²) in [6, 6.07) is 4.11. The van der Waals surface area contributed by atoms with Crippen LogP contribution < -0.4 is 5.73 Å². The summed E-state index contributed by atoms with van der Waals surface area (Å²) in [5, 5.41) is 1.95. The number of hydrogen-bond donors (Lipinski definition) is 1. The highest BCUT2D eigenvalue weighted by Gasteiger charge is 2.07. The maximum Gasteiger partial charge on any atom is 0.0739 e. The fraction of sp³-hybridized carbons (Fsp3) is 0.300. The Kier molecular flexibility index (Phi) is 2.72. The van der Waals surface area contributed by atoms with Crippen LogP contribution >= 0.6 is 23.1 Å². The van der Waals surface area contributed by atoms with Crippen molar-refractivity contribution in [2.24, 2.45) is 5.73 Å². The molecule has 1 aromatic heterocycles. The lowest BCUT2D eigenvalue weighted by molar-refractivity contribution is 0.971. The van der Waals surface area contributed by atoms with E-state index in [4.69, 9.17) is 17.3 Å². The van der Waals surface area contributed by atoms with E-state index in [0.29, 0.717) is 6.54 Å². The fourth-order valence-electron chi connectivity index (χ4n) is 1.49. The Labute approximate surface area is 91.9 Å². The second-order valence-corrected chi connectivity index (χ2v) is 4.44. The minimum absolute atomic E-state index is 0.651. The van der Waals surface area contributed by atoms with Crippen LogP contribution in [0, 0.1) is 6.92 Å². The van der Waals surface area contributed by atoms with E-state index >= 15 is 0 Å². The SMILES string of the molecule is Cc1nsc2c(Cl)cc(CCN)cc12. The topological polar surface area (TPSA) is 38.9 Å². The highest BCUT2D eigenvalue weighted by Crippen LogP contribution is 2.30. The lowest BCUT2D eigenvalue weighted by atomic mass is 10.1. The summed E-state index contributed by atoms with van der Waals surface area (Å²) in [5.41, 5.74) is 7.75. The Balaban J connectivity index is 2.63. The fourth-order valence-corrected chi connectivity index (χ4v) is 2.61. The van der Waals surface area contributed by atoms with E-state index in [1.807, 2.05) is 13.0 Å². The molecule has 74 valence electrons. The quantitative estimate of drug-likeness (QED) is 0.855. The first-order valence-electron chi connectivity index (χ1n) is 4.47. The molecule has 0 bridgehead atoms. The minimum atomic E-state index is 0.651. The second-order valence-electron chi connectivity index (χ2n) is 3.26. The van der Waals surface area contributed by atoms with E-state index in [1.54, 1.807) is 0 Å². The van der Waals surface area contributed by atoms with Crippen LogP contribution in [0.2, 0.25) is 5.02 Å². The molecule has 2 nitrogen and oxygen atoms in total. The summed E-state index contributed by atoms with van der Waals surface area (Å²) in [5.74, 6) is 0. The van der Waals surface area contributed by atoms with Gasteiger partial charge in [0.1, 0.15) is 0 Å². The number of halogens is 1. The first-order valence-corrected chi connectivity index (χ1v) is 5.62. The summed E-state index contributed by atoms with van der Waals surface area (Å²) in [6.07, 6.45) is 0.866. The minimum Gasteiger partial charge on any atom is -0.330 e. The van der Waals surface area contributed by atoms with Crippen LogP contribution in [0.1, 0.15) is 11.3 Å². The molecule has 2 N–H and O–H groups in total. The third-order valence-corrected chi connectivity index (χ3v) is 3.60. The highest BCUT2D eigenvalue weighted by atomic mass is 35.5. The number of aryl methyl sites for hydroxylation is 1. The maximum absolute atomic E-state index is 6.14. The van der Waals surface area contributed by atoms with Crippen LogP contribution in [-0.2, 0) is 6.42 Å². The number of hydrogen-bond acceptors (Lipinski definition) is 3. The van der Waals surface area contributed by atoms with Gasteiger partial charge in [0.15, 0.2) is 0 Å². The average Bonchev–Trinajstić information content (AvgIpc) is 2.49. The number of nitrogens with zero attached hydrogens (tertiary/aromatic N) is 1. The summed E-state index contributed by atoms with van der Waals surface area (Å²) >= 11 is 7.60. The summed E-state index contributed by atoms with van der Waals surface area (Å²) in [4.78, 5) is 0. The van der Waals surface area contributed by atoms with Crippen molar-refractivity contribution >= 4 is 33.2 Å². The summed E-state index contributed by atoms with van der Waals surface area (Å²) in [7, 11) is 0. The van der Waals surface area contributed by atoms with E-state index in [9.17, 15) is 0 Å². The average molecular weight is 227 g/mol. The zero-order valence-corrected chi connectivity index (χ0v) is 9.45. The van der Waals surface area contributed by atoms with E-state index in [0.717, 1.165) is 27.2 Å². The van der Waals surface area contributed by atoms with Crippen LogP contribution in [0.3, 0.4) is 0 Å². The predicted molar refractivity (Wildman–Crippen MR) is 62.1 cm³/mol. The smallest absolute Gasteiger partial charge is 0.0739 e. The molecule has 0 atom stereocenters. The number of aromatic nitrogens is 1. The molecule has 0 radical (unpaired) electrons. The first kappa shape index (κ1) is 9.90. The van der Waals surface area contributed by atoms with Gasteiger partial charge in [0.25, 0.3) is 0 Å². The van der Waals surface area contributed by atoms with Crippen LogP contribution in [0.25, 0.3) is 10.1 Å². The van der Waals surface area contributed by atoms with Gasteiger partial charge in [-0.1, -0.05) is 11.6 Å². The third-order valence-electron chi connectivity index (χ3n) is 2.20. The molecule has 1 aromatic carbocycles. The molecule has 0 spiro atoms. The van der Waals surface area contributed by atoms with Crippen LogP contribution in [0.15, 0.2) is 12.1 Å². The molecule has 0 aliphatic carbocycles. The van der Waals surface area contributed by atoms with Crippen molar-refractivity contribution in [3.63, 3.8) is 0 Å². The van der Waals surface area contributed by atoms with Gasteiger partial charge in [0, 0.05) is 5.39 Å². The third kappa shape index (κ3) is 1.63. The van der Waals surface area contributed by atoms with Crippen molar-refractivity contribution in [1.82, 2.24) is 4.37 Å².